The molecule has 2 aliphatic heterocycles. The first-order valence-corrected chi connectivity index (χ1v) is 9.78. The summed E-state index contributed by atoms with van der Waals surface area (Å²) in [5.74, 6) is 2.35. The van der Waals surface area contributed by atoms with Gasteiger partial charge in [0.1, 0.15) is 5.75 Å². The highest BCUT2D eigenvalue weighted by Gasteiger charge is 2.21. The minimum atomic E-state index is 0.0731. The molecule has 0 fully saturated rings. The number of carbonyl (C=O) groups is 1. The Labute approximate surface area is 169 Å². The Bertz CT molecular complexity index is 938. The van der Waals surface area contributed by atoms with E-state index in [2.05, 4.69) is 5.32 Å². The number of hydrogen-bond donors (Lipinski definition) is 1. The van der Waals surface area contributed by atoms with Crippen LogP contribution < -0.4 is 19.5 Å². The summed E-state index contributed by atoms with van der Waals surface area (Å²) in [4.78, 5) is 12.4. The van der Waals surface area contributed by atoms with Gasteiger partial charge in [0.25, 0.3) is 0 Å². The fourth-order valence-corrected chi connectivity index (χ4v) is 3.49. The lowest BCUT2D eigenvalue weighted by Crippen LogP contribution is -2.23. The molecule has 0 unspecified atom stereocenters. The van der Waals surface area contributed by atoms with Gasteiger partial charge < -0.3 is 19.5 Å². The lowest BCUT2D eigenvalue weighted by Gasteiger charge is -2.21. The lowest BCUT2D eigenvalue weighted by molar-refractivity contribution is -0.114. The van der Waals surface area contributed by atoms with E-state index < -0.39 is 0 Å². The van der Waals surface area contributed by atoms with Crippen molar-refractivity contribution in [3.63, 3.8) is 0 Å². The van der Waals surface area contributed by atoms with Gasteiger partial charge in [0.15, 0.2) is 17.3 Å². The monoisotopic (exact) mass is 399 g/mol. The van der Waals surface area contributed by atoms with Gasteiger partial charge in [0.05, 0.1) is 6.61 Å². The van der Waals surface area contributed by atoms with Crippen LogP contribution in [0.4, 0.5) is 0 Å². The van der Waals surface area contributed by atoms with Crippen LogP contribution in [0.2, 0.25) is 5.02 Å². The molecule has 5 nitrogen and oxygen atoms in total. The number of benzene rings is 2. The number of aryl methyl sites for hydroxylation is 1. The van der Waals surface area contributed by atoms with E-state index >= 15 is 0 Å². The van der Waals surface area contributed by atoms with Crippen LogP contribution in [0.15, 0.2) is 36.4 Å². The first-order valence-electron chi connectivity index (χ1n) is 9.40. The summed E-state index contributed by atoms with van der Waals surface area (Å²) in [6.07, 6.45) is 3.66. The van der Waals surface area contributed by atoms with E-state index in [0.717, 1.165) is 52.1 Å². The molecule has 6 heteroatoms. The number of nitrogens with one attached hydrogen (secondary N) is 1. The molecule has 0 spiro atoms. The summed E-state index contributed by atoms with van der Waals surface area (Å²) in [5, 5.41) is 4.04. The van der Waals surface area contributed by atoms with Crippen molar-refractivity contribution in [1.29, 1.82) is 0 Å². The van der Waals surface area contributed by atoms with Gasteiger partial charge in [0.2, 0.25) is 6.79 Å². The van der Waals surface area contributed by atoms with Gasteiger partial charge in [-0.2, -0.15) is 0 Å². The van der Waals surface area contributed by atoms with Crippen molar-refractivity contribution in [1.82, 2.24) is 5.32 Å². The van der Waals surface area contributed by atoms with Crippen LogP contribution in [0.5, 0.6) is 17.2 Å². The Hall–Kier alpha value is -2.66. The molecule has 2 aromatic carbocycles. The fourth-order valence-electron chi connectivity index (χ4n) is 3.37. The highest BCUT2D eigenvalue weighted by Crippen LogP contribution is 2.38. The zero-order valence-corrected chi connectivity index (χ0v) is 16.5. The number of halogens is 1. The topological polar surface area (TPSA) is 56.8 Å². The highest BCUT2D eigenvalue weighted by atomic mass is 35.5. The normalized spacial score (nSPS) is 15.9. The number of rotatable bonds is 6. The predicted octanol–water partition coefficient (Wildman–Crippen LogP) is 4.29. The van der Waals surface area contributed by atoms with Crippen molar-refractivity contribution >= 4 is 23.1 Å². The maximum Gasteiger partial charge on any atom is 0.231 e. The average molecular weight is 400 g/mol. The maximum absolute atomic E-state index is 12.4. The first-order chi connectivity index (χ1) is 13.6. The molecular weight excluding hydrogens is 378 g/mol. The summed E-state index contributed by atoms with van der Waals surface area (Å²) >= 11 is 6.02. The molecule has 0 radical (unpaired) electrons. The molecule has 0 amide bonds. The second-order valence-electron chi connectivity index (χ2n) is 6.93. The third-order valence-electron chi connectivity index (χ3n) is 4.87. The van der Waals surface area contributed by atoms with Gasteiger partial charge in [-0.05, 0) is 61.2 Å². The Morgan fingerprint density at radius 3 is 2.89 bits per heavy atom. The molecule has 2 heterocycles. The molecule has 0 saturated carbocycles. The molecule has 2 aliphatic rings. The summed E-state index contributed by atoms with van der Waals surface area (Å²) in [7, 11) is 0. The van der Waals surface area contributed by atoms with Crippen molar-refractivity contribution in [3.8, 4) is 17.2 Å². The molecule has 0 atom stereocenters. The molecule has 2 aromatic rings. The minimum absolute atomic E-state index is 0.0731. The van der Waals surface area contributed by atoms with Gasteiger partial charge in [-0.15, -0.1) is 0 Å². The van der Waals surface area contributed by atoms with Crippen molar-refractivity contribution in [2.75, 3.05) is 19.9 Å². The van der Waals surface area contributed by atoms with E-state index in [1.165, 1.54) is 5.56 Å². The van der Waals surface area contributed by atoms with Crippen molar-refractivity contribution in [2.24, 2.45) is 0 Å². The van der Waals surface area contributed by atoms with Crippen molar-refractivity contribution < 1.29 is 19.0 Å². The largest absolute Gasteiger partial charge is 0.494 e. The zero-order valence-electron chi connectivity index (χ0n) is 15.7. The third kappa shape index (κ3) is 4.09. The Kier molecular flexibility index (Phi) is 5.44. The van der Waals surface area contributed by atoms with Crippen LogP contribution in [-0.2, 0) is 11.2 Å². The van der Waals surface area contributed by atoms with Gasteiger partial charge in [-0.25, -0.2) is 0 Å². The first kappa shape index (κ1) is 18.7. The van der Waals surface area contributed by atoms with E-state index in [9.17, 15) is 4.79 Å². The Morgan fingerprint density at radius 2 is 2.07 bits per heavy atom. The van der Waals surface area contributed by atoms with E-state index in [4.69, 9.17) is 25.8 Å². The molecule has 0 bridgehead atoms. The summed E-state index contributed by atoms with van der Waals surface area (Å²) in [5.41, 5.74) is 4.00. The van der Waals surface area contributed by atoms with E-state index in [-0.39, 0.29) is 12.6 Å². The minimum Gasteiger partial charge on any atom is -0.494 e. The van der Waals surface area contributed by atoms with E-state index in [1.54, 1.807) is 6.08 Å². The third-order valence-corrected chi connectivity index (χ3v) is 5.29. The Balaban J connectivity index is 1.35. The fraction of sp³-hybridized carbons (Fsp3) is 0.318. The Morgan fingerprint density at radius 1 is 1.25 bits per heavy atom. The molecule has 0 saturated heterocycles. The summed E-state index contributed by atoms with van der Waals surface area (Å²) < 4.78 is 16.6. The SMILES string of the molecule is Cc1cc(OCCCC(=O)/C=C2\NCCc3cc4c(cc32)OCO4)ccc1Cl. The number of hydrogen-bond acceptors (Lipinski definition) is 5. The van der Waals surface area contributed by atoms with E-state index in [1.807, 2.05) is 37.3 Å². The standard InChI is InChI=1S/C22H22ClNO4/c1-14-9-17(4-5-19(14)23)26-8-2-3-16(25)11-20-18-12-22-21(27-13-28-22)10-15(18)6-7-24-20/h4-5,9-12,24H,2-3,6-8,13H2,1H3/b20-11-. The van der Waals surface area contributed by atoms with Crippen LogP contribution >= 0.6 is 11.6 Å². The van der Waals surface area contributed by atoms with Gasteiger partial charge in [-0.3, -0.25) is 4.79 Å². The van der Waals surface area contributed by atoms with Crippen LogP contribution in [0.3, 0.4) is 0 Å². The van der Waals surface area contributed by atoms with Crippen LogP contribution in [-0.4, -0.2) is 25.7 Å². The van der Waals surface area contributed by atoms with E-state index in [0.29, 0.717) is 19.4 Å². The van der Waals surface area contributed by atoms with Gasteiger partial charge >= 0.3 is 0 Å². The molecule has 1 N–H and O–H groups in total. The van der Waals surface area contributed by atoms with Crippen LogP contribution in [0, 0.1) is 6.92 Å². The van der Waals surface area contributed by atoms with Crippen molar-refractivity contribution in [3.05, 3.63) is 58.1 Å². The summed E-state index contributed by atoms with van der Waals surface area (Å²) in [6.45, 7) is 3.46. The average Bonchev–Trinajstić information content (AvgIpc) is 3.14. The summed E-state index contributed by atoms with van der Waals surface area (Å²) in [6, 6.07) is 9.53. The van der Waals surface area contributed by atoms with Crippen molar-refractivity contribution in [2.45, 2.75) is 26.2 Å². The van der Waals surface area contributed by atoms with Gasteiger partial charge in [0, 0.05) is 35.3 Å². The number of ketones is 1. The highest BCUT2D eigenvalue weighted by molar-refractivity contribution is 6.31. The number of carbonyl (C=O) groups excluding carboxylic acids is 1. The second kappa shape index (κ2) is 8.15. The number of fused-ring (bicyclic) bond motifs is 2. The number of allylic oxidation sites excluding steroid dienone is 1. The molecule has 146 valence electrons. The van der Waals surface area contributed by atoms with Gasteiger partial charge in [-0.1, -0.05) is 11.6 Å². The lowest BCUT2D eigenvalue weighted by atomic mass is 9.96. The molecule has 28 heavy (non-hydrogen) atoms. The zero-order chi connectivity index (χ0) is 19.5. The molecule has 0 aliphatic carbocycles. The maximum atomic E-state index is 12.4. The van der Waals surface area contributed by atoms with Crippen LogP contribution in [0.25, 0.3) is 5.70 Å². The number of ether oxygens (including phenoxy) is 3. The predicted molar refractivity (Wildman–Crippen MR) is 108 cm³/mol. The molecule has 4 rings (SSSR count). The second-order valence-corrected chi connectivity index (χ2v) is 7.33. The van der Waals surface area contributed by atoms with Crippen LogP contribution in [0.1, 0.15) is 29.5 Å². The quantitative estimate of drug-likeness (QED) is 0.580. The smallest absolute Gasteiger partial charge is 0.231 e. The molecular formula is C22H22ClNO4. The molecule has 0 aromatic heterocycles.